The van der Waals surface area contributed by atoms with Gasteiger partial charge in [0.2, 0.25) is 5.91 Å². The number of amides is 1. The lowest BCUT2D eigenvalue weighted by Gasteiger charge is -2.08. The Morgan fingerprint density at radius 1 is 1.30 bits per heavy atom. The third-order valence-electron chi connectivity index (χ3n) is 3.60. The van der Waals surface area contributed by atoms with Crippen molar-refractivity contribution < 1.29 is 9.21 Å². The molecule has 1 N–H and O–H groups in total. The van der Waals surface area contributed by atoms with E-state index in [0.29, 0.717) is 16.8 Å². The molecule has 0 bridgehead atoms. The maximum absolute atomic E-state index is 11.8. The molecule has 0 spiro atoms. The molecule has 0 saturated heterocycles. The molecule has 1 aliphatic rings. The molecule has 20 heavy (non-hydrogen) atoms. The van der Waals surface area contributed by atoms with Gasteiger partial charge in [0.05, 0.1) is 0 Å². The van der Waals surface area contributed by atoms with E-state index in [-0.39, 0.29) is 5.91 Å². The second-order valence-corrected chi connectivity index (χ2v) is 5.59. The smallest absolute Gasteiger partial charge is 0.244 e. The Hall–Kier alpha value is -1.74. The van der Waals surface area contributed by atoms with Crippen LogP contribution in [0.5, 0.6) is 0 Å². The van der Waals surface area contributed by atoms with Crippen molar-refractivity contribution in [3.63, 3.8) is 0 Å². The summed E-state index contributed by atoms with van der Waals surface area (Å²) in [6, 6.07) is 7.67. The third kappa shape index (κ3) is 3.05. The van der Waals surface area contributed by atoms with Gasteiger partial charge in [-0.25, -0.2) is 0 Å². The number of carbonyl (C=O) groups excluding carboxylic acids is 1. The first kappa shape index (κ1) is 13.3. The number of hydrogen-bond acceptors (Lipinski definition) is 2. The van der Waals surface area contributed by atoms with E-state index in [1.54, 1.807) is 12.1 Å². The zero-order valence-electron chi connectivity index (χ0n) is 11.1. The highest BCUT2D eigenvalue weighted by molar-refractivity contribution is 6.31. The van der Waals surface area contributed by atoms with Crippen molar-refractivity contribution in [2.45, 2.75) is 31.7 Å². The number of benzene rings is 1. The second-order valence-electron chi connectivity index (χ2n) is 5.15. The lowest BCUT2D eigenvalue weighted by Crippen LogP contribution is -2.30. The lowest BCUT2D eigenvalue weighted by molar-refractivity contribution is -0.117. The largest absolute Gasteiger partial charge is 0.457 e. The molecule has 1 saturated carbocycles. The Balaban J connectivity index is 1.68. The van der Waals surface area contributed by atoms with E-state index in [9.17, 15) is 4.79 Å². The molecule has 1 fully saturated rings. The minimum atomic E-state index is -0.0598. The van der Waals surface area contributed by atoms with Crippen molar-refractivity contribution in [3.8, 4) is 0 Å². The zero-order valence-corrected chi connectivity index (χ0v) is 11.8. The molecule has 4 heteroatoms. The van der Waals surface area contributed by atoms with Crippen molar-refractivity contribution in [1.29, 1.82) is 0 Å². The first-order valence-corrected chi connectivity index (χ1v) is 7.26. The topological polar surface area (TPSA) is 42.2 Å². The Morgan fingerprint density at radius 2 is 2.10 bits per heavy atom. The van der Waals surface area contributed by atoms with E-state index >= 15 is 0 Å². The Labute approximate surface area is 122 Å². The maximum Gasteiger partial charge on any atom is 0.244 e. The summed E-state index contributed by atoms with van der Waals surface area (Å²) in [6.45, 7) is 0. The van der Waals surface area contributed by atoms with Gasteiger partial charge in [0.25, 0.3) is 0 Å². The SMILES string of the molecule is O=C(/C=C/c1cc2cc(Cl)ccc2o1)NC1CCCC1. The van der Waals surface area contributed by atoms with Crippen molar-refractivity contribution in [1.82, 2.24) is 5.32 Å². The van der Waals surface area contributed by atoms with Crippen molar-refractivity contribution in [2.24, 2.45) is 0 Å². The predicted molar refractivity (Wildman–Crippen MR) is 80.7 cm³/mol. The van der Waals surface area contributed by atoms with Gasteiger partial charge in [-0.3, -0.25) is 4.79 Å². The van der Waals surface area contributed by atoms with Gasteiger partial charge < -0.3 is 9.73 Å². The predicted octanol–water partition coefficient (Wildman–Crippen LogP) is 4.16. The fourth-order valence-corrected chi connectivity index (χ4v) is 2.77. The third-order valence-corrected chi connectivity index (χ3v) is 3.83. The molecule has 3 nitrogen and oxygen atoms in total. The highest BCUT2D eigenvalue weighted by Crippen LogP contribution is 2.23. The van der Waals surface area contributed by atoms with Crippen LogP contribution in [0.4, 0.5) is 0 Å². The average Bonchev–Trinajstić information content (AvgIpc) is 3.04. The number of rotatable bonds is 3. The standard InChI is InChI=1S/C16H16ClNO2/c17-12-5-7-15-11(9-12)10-14(20-15)6-8-16(19)18-13-3-1-2-4-13/h5-10,13H,1-4H2,(H,18,19)/b8-6+. The lowest BCUT2D eigenvalue weighted by atomic mass is 10.2. The van der Waals surface area contributed by atoms with Gasteiger partial charge in [-0.15, -0.1) is 0 Å². The molecule has 0 atom stereocenters. The molecule has 0 aliphatic heterocycles. The molecule has 1 aromatic heterocycles. The molecular formula is C16H16ClNO2. The fraction of sp³-hybridized carbons (Fsp3) is 0.312. The number of carbonyl (C=O) groups is 1. The van der Waals surface area contributed by atoms with E-state index < -0.39 is 0 Å². The van der Waals surface area contributed by atoms with Crippen molar-refractivity contribution in [3.05, 3.63) is 41.1 Å². The minimum Gasteiger partial charge on any atom is -0.457 e. The van der Waals surface area contributed by atoms with Crippen LogP contribution in [-0.2, 0) is 4.79 Å². The summed E-state index contributed by atoms with van der Waals surface area (Å²) in [7, 11) is 0. The normalized spacial score (nSPS) is 16.2. The maximum atomic E-state index is 11.8. The van der Waals surface area contributed by atoms with Crippen LogP contribution in [0.2, 0.25) is 5.02 Å². The van der Waals surface area contributed by atoms with Crippen LogP contribution in [0.3, 0.4) is 0 Å². The first-order valence-electron chi connectivity index (χ1n) is 6.88. The molecule has 104 valence electrons. The van der Waals surface area contributed by atoms with Crippen molar-refractivity contribution >= 4 is 34.6 Å². The molecule has 0 unspecified atom stereocenters. The van der Waals surface area contributed by atoms with Crippen LogP contribution >= 0.6 is 11.6 Å². The van der Waals surface area contributed by atoms with Crippen LogP contribution < -0.4 is 5.32 Å². The highest BCUT2D eigenvalue weighted by atomic mass is 35.5. The summed E-state index contributed by atoms with van der Waals surface area (Å²) in [6.07, 6.45) is 7.80. The summed E-state index contributed by atoms with van der Waals surface area (Å²) in [5.74, 6) is 0.597. The Bertz CT molecular complexity index is 654. The van der Waals surface area contributed by atoms with Crippen LogP contribution in [-0.4, -0.2) is 11.9 Å². The van der Waals surface area contributed by atoms with Gasteiger partial charge in [0, 0.05) is 22.5 Å². The van der Waals surface area contributed by atoms with Crippen LogP contribution in [0, 0.1) is 0 Å². The van der Waals surface area contributed by atoms with Gasteiger partial charge in [-0.2, -0.15) is 0 Å². The Kier molecular flexibility index (Phi) is 3.79. The monoisotopic (exact) mass is 289 g/mol. The zero-order chi connectivity index (χ0) is 13.9. The van der Waals surface area contributed by atoms with E-state index in [1.807, 2.05) is 18.2 Å². The number of nitrogens with one attached hydrogen (secondary N) is 1. The highest BCUT2D eigenvalue weighted by Gasteiger charge is 2.15. The van der Waals surface area contributed by atoms with Gasteiger partial charge in [0.15, 0.2) is 0 Å². The summed E-state index contributed by atoms with van der Waals surface area (Å²) in [5.41, 5.74) is 0.769. The molecule has 1 aliphatic carbocycles. The number of hydrogen-bond donors (Lipinski definition) is 1. The summed E-state index contributed by atoms with van der Waals surface area (Å²) in [4.78, 5) is 11.8. The van der Waals surface area contributed by atoms with Crippen molar-refractivity contribution in [2.75, 3.05) is 0 Å². The summed E-state index contributed by atoms with van der Waals surface area (Å²) >= 11 is 5.93. The molecule has 1 amide bonds. The quantitative estimate of drug-likeness (QED) is 0.862. The van der Waals surface area contributed by atoms with Gasteiger partial charge in [-0.05, 0) is 43.2 Å². The van der Waals surface area contributed by atoms with E-state index in [2.05, 4.69) is 5.32 Å². The molecule has 0 radical (unpaired) electrons. The average molecular weight is 290 g/mol. The molecule has 1 aromatic carbocycles. The molecule has 1 heterocycles. The number of fused-ring (bicyclic) bond motifs is 1. The Morgan fingerprint density at radius 3 is 2.90 bits per heavy atom. The fourth-order valence-electron chi connectivity index (χ4n) is 2.59. The van der Waals surface area contributed by atoms with Gasteiger partial charge >= 0.3 is 0 Å². The van der Waals surface area contributed by atoms with Crippen LogP contribution in [0.1, 0.15) is 31.4 Å². The molecule has 2 aromatic rings. The van der Waals surface area contributed by atoms with E-state index in [0.717, 1.165) is 23.8 Å². The van der Waals surface area contributed by atoms with E-state index in [4.69, 9.17) is 16.0 Å². The second kappa shape index (κ2) is 5.71. The van der Waals surface area contributed by atoms with Crippen LogP contribution in [0.25, 0.3) is 17.0 Å². The summed E-state index contributed by atoms with van der Waals surface area (Å²) in [5, 5.41) is 4.62. The summed E-state index contributed by atoms with van der Waals surface area (Å²) < 4.78 is 5.62. The van der Waals surface area contributed by atoms with Gasteiger partial charge in [0.1, 0.15) is 11.3 Å². The molecule has 3 rings (SSSR count). The number of halogens is 1. The van der Waals surface area contributed by atoms with Gasteiger partial charge in [-0.1, -0.05) is 24.4 Å². The van der Waals surface area contributed by atoms with Crippen LogP contribution in [0.15, 0.2) is 34.8 Å². The molecular weight excluding hydrogens is 274 g/mol. The first-order chi connectivity index (χ1) is 9.70. The minimum absolute atomic E-state index is 0.0598. The number of furan rings is 1. The van der Waals surface area contributed by atoms with E-state index in [1.165, 1.54) is 18.9 Å².